The van der Waals surface area contributed by atoms with Crippen LogP contribution >= 0.6 is 0 Å². The Bertz CT molecular complexity index is 507. The summed E-state index contributed by atoms with van der Waals surface area (Å²) in [6, 6.07) is 0. The van der Waals surface area contributed by atoms with Crippen molar-refractivity contribution in [2.24, 2.45) is 0 Å². The summed E-state index contributed by atoms with van der Waals surface area (Å²) in [6.07, 6.45) is 20.3. The minimum atomic E-state index is -0.282. The lowest BCUT2D eigenvalue weighted by Crippen LogP contribution is -2.33. The highest BCUT2D eigenvalue weighted by Gasteiger charge is 2.22. The SMILES string of the molecule is CCCCCCCCCCCCCCCOCCOCCOCCOCCN1C(=O)C=CC1=O. The molecule has 0 bridgehead atoms. The standard InChI is InChI=1S/C27H49NO6/c1-2-3-4-5-6-7-8-9-10-11-12-13-14-18-31-20-22-33-24-25-34-23-21-32-19-17-28-26(29)15-16-27(28)30/h15-16H,2-14,17-25H2,1H3. The predicted octanol–water partition coefficient (Wildman–Crippen LogP) is 5.07. The van der Waals surface area contributed by atoms with Crippen molar-refractivity contribution in [2.75, 3.05) is 59.4 Å². The molecule has 7 heteroatoms. The summed E-state index contributed by atoms with van der Waals surface area (Å²) in [5.41, 5.74) is 0. The second kappa shape index (κ2) is 23.5. The van der Waals surface area contributed by atoms with Crippen molar-refractivity contribution in [2.45, 2.75) is 90.4 Å². The molecule has 0 fully saturated rings. The van der Waals surface area contributed by atoms with Crippen LogP contribution in [-0.2, 0) is 28.5 Å². The number of hydrogen-bond acceptors (Lipinski definition) is 6. The summed E-state index contributed by atoms with van der Waals surface area (Å²) in [6.45, 7) is 6.82. The van der Waals surface area contributed by atoms with E-state index < -0.39 is 0 Å². The van der Waals surface area contributed by atoms with Gasteiger partial charge in [-0.05, 0) is 6.42 Å². The van der Waals surface area contributed by atoms with E-state index in [-0.39, 0.29) is 18.4 Å². The Morgan fingerprint density at radius 3 is 1.29 bits per heavy atom. The van der Waals surface area contributed by atoms with Gasteiger partial charge in [-0.25, -0.2) is 0 Å². The van der Waals surface area contributed by atoms with Gasteiger partial charge in [-0.15, -0.1) is 0 Å². The number of ether oxygens (including phenoxy) is 4. The van der Waals surface area contributed by atoms with Gasteiger partial charge in [-0.2, -0.15) is 0 Å². The van der Waals surface area contributed by atoms with Crippen molar-refractivity contribution >= 4 is 11.8 Å². The molecule has 0 aromatic rings. The van der Waals surface area contributed by atoms with E-state index in [1.807, 2.05) is 0 Å². The number of carbonyl (C=O) groups is 2. The van der Waals surface area contributed by atoms with Gasteiger partial charge in [-0.1, -0.05) is 84.0 Å². The third-order valence-electron chi connectivity index (χ3n) is 5.87. The van der Waals surface area contributed by atoms with Gasteiger partial charge in [0.1, 0.15) is 0 Å². The van der Waals surface area contributed by atoms with Gasteiger partial charge in [-0.3, -0.25) is 14.5 Å². The maximum absolute atomic E-state index is 11.4. The van der Waals surface area contributed by atoms with Crippen LogP contribution < -0.4 is 0 Å². The molecule has 1 heterocycles. The quantitative estimate of drug-likeness (QED) is 0.126. The van der Waals surface area contributed by atoms with Gasteiger partial charge >= 0.3 is 0 Å². The van der Waals surface area contributed by atoms with Crippen LogP contribution in [0.1, 0.15) is 90.4 Å². The molecule has 2 amide bonds. The smallest absolute Gasteiger partial charge is 0.253 e. The van der Waals surface area contributed by atoms with Gasteiger partial charge in [0.2, 0.25) is 0 Å². The highest BCUT2D eigenvalue weighted by atomic mass is 16.6. The van der Waals surface area contributed by atoms with Crippen molar-refractivity contribution in [1.82, 2.24) is 4.90 Å². The van der Waals surface area contributed by atoms with Crippen molar-refractivity contribution < 1.29 is 28.5 Å². The van der Waals surface area contributed by atoms with E-state index in [9.17, 15) is 9.59 Å². The highest BCUT2D eigenvalue weighted by Crippen LogP contribution is 2.12. The number of hydrogen-bond donors (Lipinski definition) is 0. The van der Waals surface area contributed by atoms with E-state index >= 15 is 0 Å². The lowest BCUT2D eigenvalue weighted by molar-refractivity contribution is -0.137. The van der Waals surface area contributed by atoms with Crippen molar-refractivity contribution in [3.05, 3.63) is 12.2 Å². The minimum Gasteiger partial charge on any atom is -0.379 e. The second-order valence-corrected chi connectivity index (χ2v) is 8.85. The number of amides is 2. The van der Waals surface area contributed by atoms with E-state index in [2.05, 4.69) is 6.92 Å². The molecule has 0 aliphatic carbocycles. The largest absolute Gasteiger partial charge is 0.379 e. The topological polar surface area (TPSA) is 74.3 Å². The first-order valence-electron chi connectivity index (χ1n) is 13.6. The number of rotatable bonds is 26. The molecule has 198 valence electrons. The van der Waals surface area contributed by atoms with Crippen LogP contribution in [0.3, 0.4) is 0 Å². The molecule has 0 saturated heterocycles. The maximum atomic E-state index is 11.4. The first-order valence-corrected chi connectivity index (χ1v) is 13.6. The number of unbranched alkanes of at least 4 members (excludes halogenated alkanes) is 12. The summed E-state index contributed by atoms with van der Waals surface area (Å²) in [7, 11) is 0. The molecule has 1 rings (SSSR count). The molecule has 0 atom stereocenters. The van der Waals surface area contributed by atoms with Crippen molar-refractivity contribution in [3.8, 4) is 0 Å². The van der Waals surface area contributed by atoms with Gasteiger partial charge in [0.05, 0.1) is 52.8 Å². The Kier molecular flexibility index (Phi) is 21.2. The fourth-order valence-electron chi connectivity index (χ4n) is 3.79. The number of imide groups is 1. The summed E-state index contributed by atoms with van der Waals surface area (Å²) in [4.78, 5) is 23.9. The van der Waals surface area contributed by atoms with Crippen LogP contribution in [0.4, 0.5) is 0 Å². The van der Waals surface area contributed by atoms with Crippen LogP contribution in [0, 0.1) is 0 Å². The lowest BCUT2D eigenvalue weighted by Gasteiger charge is -2.13. The van der Waals surface area contributed by atoms with Gasteiger partial charge in [0.15, 0.2) is 0 Å². The molecule has 7 nitrogen and oxygen atoms in total. The molecule has 0 spiro atoms. The Balaban J connectivity index is 1.66. The molecule has 1 aliphatic heterocycles. The number of nitrogens with zero attached hydrogens (tertiary/aromatic N) is 1. The fraction of sp³-hybridized carbons (Fsp3) is 0.852. The third-order valence-corrected chi connectivity index (χ3v) is 5.87. The molecule has 0 radical (unpaired) electrons. The molecule has 0 N–H and O–H groups in total. The van der Waals surface area contributed by atoms with Crippen molar-refractivity contribution in [1.29, 1.82) is 0 Å². The molecule has 0 unspecified atom stereocenters. The zero-order valence-corrected chi connectivity index (χ0v) is 21.6. The van der Waals surface area contributed by atoms with E-state index in [1.165, 1.54) is 89.2 Å². The molecule has 0 aromatic carbocycles. The average molecular weight is 484 g/mol. The number of carbonyl (C=O) groups excluding carboxylic acids is 2. The monoisotopic (exact) mass is 483 g/mol. The maximum Gasteiger partial charge on any atom is 0.253 e. The normalized spacial score (nSPS) is 13.5. The first-order chi connectivity index (χ1) is 16.8. The molecule has 34 heavy (non-hydrogen) atoms. The fourth-order valence-corrected chi connectivity index (χ4v) is 3.79. The summed E-state index contributed by atoms with van der Waals surface area (Å²) < 4.78 is 21.9. The molecule has 0 aromatic heterocycles. The highest BCUT2D eigenvalue weighted by molar-refractivity contribution is 6.12. The zero-order chi connectivity index (χ0) is 24.5. The third kappa shape index (κ3) is 18.1. The van der Waals surface area contributed by atoms with Gasteiger partial charge in [0.25, 0.3) is 11.8 Å². The van der Waals surface area contributed by atoms with Crippen LogP contribution in [-0.4, -0.2) is 76.1 Å². The van der Waals surface area contributed by atoms with Gasteiger partial charge in [0, 0.05) is 18.8 Å². The molecular weight excluding hydrogens is 434 g/mol. The second-order valence-electron chi connectivity index (χ2n) is 8.85. The van der Waals surface area contributed by atoms with E-state index in [4.69, 9.17) is 18.9 Å². The Labute approximate surface area is 207 Å². The van der Waals surface area contributed by atoms with Crippen LogP contribution in [0.25, 0.3) is 0 Å². The Hall–Kier alpha value is -1.28. The van der Waals surface area contributed by atoms with E-state index in [1.54, 1.807) is 0 Å². The molecule has 1 aliphatic rings. The van der Waals surface area contributed by atoms with E-state index in [0.717, 1.165) is 17.9 Å². The van der Waals surface area contributed by atoms with E-state index in [0.29, 0.717) is 46.2 Å². The minimum absolute atomic E-state index is 0.271. The zero-order valence-electron chi connectivity index (χ0n) is 21.6. The molecule has 0 saturated carbocycles. The summed E-state index contributed by atoms with van der Waals surface area (Å²) in [5.74, 6) is -0.564. The predicted molar refractivity (Wildman–Crippen MR) is 135 cm³/mol. The van der Waals surface area contributed by atoms with Gasteiger partial charge < -0.3 is 18.9 Å². The average Bonchev–Trinajstić information content (AvgIpc) is 3.16. The summed E-state index contributed by atoms with van der Waals surface area (Å²) in [5, 5.41) is 0. The molecular formula is C27H49NO6. The lowest BCUT2D eigenvalue weighted by atomic mass is 10.0. The summed E-state index contributed by atoms with van der Waals surface area (Å²) >= 11 is 0. The Morgan fingerprint density at radius 2 is 0.853 bits per heavy atom. The van der Waals surface area contributed by atoms with Crippen LogP contribution in [0.2, 0.25) is 0 Å². The Morgan fingerprint density at radius 1 is 0.500 bits per heavy atom. The van der Waals surface area contributed by atoms with Crippen molar-refractivity contribution in [3.63, 3.8) is 0 Å². The van der Waals surface area contributed by atoms with Crippen LogP contribution in [0.15, 0.2) is 12.2 Å². The van der Waals surface area contributed by atoms with Crippen LogP contribution in [0.5, 0.6) is 0 Å². The first kappa shape index (κ1) is 30.8.